The van der Waals surface area contributed by atoms with Crippen LogP contribution in [0, 0.1) is 0 Å². The highest BCUT2D eigenvalue weighted by molar-refractivity contribution is 7.14. The van der Waals surface area contributed by atoms with Crippen LogP contribution in [0.4, 0.5) is 0 Å². The molecule has 1 aromatic heterocycles. The molecule has 0 fully saturated rings. The molecule has 1 aromatic carbocycles. The van der Waals surface area contributed by atoms with Crippen molar-refractivity contribution in [3.8, 4) is 10.6 Å². The number of hydrogen-bond donors (Lipinski definition) is 0. The molecule has 0 aliphatic carbocycles. The average molecular weight is 248 g/mol. The molecular formula is C12H12N2O2S. The van der Waals surface area contributed by atoms with Gasteiger partial charge < -0.3 is 4.74 Å². The maximum absolute atomic E-state index is 11.3. The molecule has 0 bridgehead atoms. The van der Waals surface area contributed by atoms with Gasteiger partial charge in [0.05, 0.1) is 13.0 Å². The number of hydrogen-bond acceptors (Lipinski definition) is 5. The van der Waals surface area contributed by atoms with E-state index < -0.39 is 0 Å². The average Bonchev–Trinajstić information content (AvgIpc) is 2.79. The third kappa shape index (κ3) is 3.10. The normalized spacial score (nSPS) is 10.2. The van der Waals surface area contributed by atoms with Crippen molar-refractivity contribution in [2.24, 2.45) is 0 Å². The standard InChI is InChI=1S/C12H12N2O2S/c1-2-16-11(15)8-10-13-14-12(17-10)9-6-4-3-5-7-9/h3-7H,2,8H2,1H3. The summed E-state index contributed by atoms with van der Waals surface area (Å²) in [7, 11) is 0. The lowest BCUT2D eigenvalue weighted by atomic mass is 10.2. The molecule has 0 spiro atoms. The third-order valence-electron chi connectivity index (χ3n) is 2.09. The van der Waals surface area contributed by atoms with Crippen molar-refractivity contribution in [1.29, 1.82) is 0 Å². The number of ether oxygens (including phenoxy) is 1. The van der Waals surface area contributed by atoms with Crippen LogP contribution in [-0.2, 0) is 16.0 Å². The van der Waals surface area contributed by atoms with Gasteiger partial charge in [0.25, 0.3) is 0 Å². The summed E-state index contributed by atoms with van der Waals surface area (Å²) in [5, 5.41) is 9.55. The second-order valence-corrected chi connectivity index (χ2v) is 4.41. The van der Waals surface area contributed by atoms with Crippen LogP contribution in [0.15, 0.2) is 30.3 Å². The third-order valence-corrected chi connectivity index (χ3v) is 3.06. The molecule has 0 N–H and O–H groups in total. The van der Waals surface area contributed by atoms with Crippen molar-refractivity contribution in [2.75, 3.05) is 6.61 Å². The molecule has 88 valence electrons. The first-order chi connectivity index (χ1) is 8.29. The Kier molecular flexibility index (Phi) is 3.82. The van der Waals surface area contributed by atoms with Gasteiger partial charge in [-0.05, 0) is 6.92 Å². The lowest BCUT2D eigenvalue weighted by Crippen LogP contribution is -2.07. The molecular weight excluding hydrogens is 236 g/mol. The molecule has 5 heteroatoms. The zero-order chi connectivity index (χ0) is 12.1. The first-order valence-corrected chi connectivity index (χ1v) is 6.14. The highest BCUT2D eigenvalue weighted by atomic mass is 32.1. The minimum atomic E-state index is -0.261. The van der Waals surface area contributed by atoms with E-state index in [1.54, 1.807) is 6.92 Å². The van der Waals surface area contributed by atoms with E-state index >= 15 is 0 Å². The summed E-state index contributed by atoms with van der Waals surface area (Å²) in [5.74, 6) is -0.261. The first-order valence-electron chi connectivity index (χ1n) is 5.33. The number of carbonyl (C=O) groups excluding carboxylic acids is 1. The molecule has 0 saturated carbocycles. The van der Waals surface area contributed by atoms with E-state index in [4.69, 9.17) is 4.74 Å². The molecule has 17 heavy (non-hydrogen) atoms. The van der Waals surface area contributed by atoms with Crippen LogP contribution >= 0.6 is 11.3 Å². The van der Waals surface area contributed by atoms with Gasteiger partial charge >= 0.3 is 5.97 Å². The fraction of sp³-hybridized carbons (Fsp3) is 0.250. The van der Waals surface area contributed by atoms with E-state index in [1.165, 1.54) is 11.3 Å². The van der Waals surface area contributed by atoms with Crippen molar-refractivity contribution in [2.45, 2.75) is 13.3 Å². The monoisotopic (exact) mass is 248 g/mol. The van der Waals surface area contributed by atoms with Crippen molar-refractivity contribution in [3.05, 3.63) is 35.3 Å². The Morgan fingerprint density at radius 1 is 1.29 bits per heavy atom. The minimum Gasteiger partial charge on any atom is -0.466 e. The van der Waals surface area contributed by atoms with Gasteiger partial charge in [-0.3, -0.25) is 4.79 Å². The topological polar surface area (TPSA) is 52.1 Å². The van der Waals surface area contributed by atoms with E-state index in [2.05, 4.69) is 10.2 Å². The van der Waals surface area contributed by atoms with E-state index in [1.807, 2.05) is 30.3 Å². The number of nitrogens with zero attached hydrogens (tertiary/aromatic N) is 2. The van der Waals surface area contributed by atoms with Gasteiger partial charge in [0.1, 0.15) is 10.0 Å². The number of esters is 1. The van der Waals surface area contributed by atoms with Crippen LogP contribution in [-0.4, -0.2) is 22.8 Å². The molecule has 2 rings (SSSR count). The molecule has 0 aliphatic rings. The largest absolute Gasteiger partial charge is 0.466 e. The maximum Gasteiger partial charge on any atom is 0.312 e. The zero-order valence-corrected chi connectivity index (χ0v) is 10.2. The quantitative estimate of drug-likeness (QED) is 0.779. The molecule has 0 amide bonds. The first kappa shape index (κ1) is 11.7. The maximum atomic E-state index is 11.3. The fourth-order valence-electron chi connectivity index (χ4n) is 1.36. The van der Waals surface area contributed by atoms with Crippen LogP contribution in [0.5, 0.6) is 0 Å². The van der Waals surface area contributed by atoms with Gasteiger partial charge in [-0.1, -0.05) is 41.7 Å². The van der Waals surface area contributed by atoms with E-state index in [-0.39, 0.29) is 12.4 Å². The Morgan fingerprint density at radius 2 is 2.06 bits per heavy atom. The molecule has 0 radical (unpaired) electrons. The van der Waals surface area contributed by atoms with Crippen LogP contribution < -0.4 is 0 Å². The molecule has 2 aromatic rings. The van der Waals surface area contributed by atoms with Gasteiger partial charge in [0, 0.05) is 5.56 Å². The summed E-state index contributed by atoms with van der Waals surface area (Å²) in [6, 6.07) is 9.77. The van der Waals surface area contributed by atoms with E-state index in [0.717, 1.165) is 10.6 Å². The van der Waals surface area contributed by atoms with Crippen LogP contribution in [0.25, 0.3) is 10.6 Å². The number of aromatic nitrogens is 2. The lowest BCUT2D eigenvalue weighted by molar-refractivity contribution is -0.142. The molecule has 0 atom stereocenters. The molecule has 0 aliphatic heterocycles. The Balaban J connectivity index is 2.09. The van der Waals surface area contributed by atoms with Crippen molar-refractivity contribution >= 4 is 17.3 Å². The number of carbonyl (C=O) groups is 1. The predicted molar refractivity (Wildman–Crippen MR) is 65.7 cm³/mol. The molecule has 0 unspecified atom stereocenters. The van der Waals surface area contributed by atoms with Crippen LogP contribution in [0.3, 0.4) is 0 Å². The summed E-state index contributed by atoms with van der Waals surface area (Å²) >= 11 is 1.42. The summed E-state index contributed by atoms with van der Waals surface area (Å²) in [5.41, 5.74) is 1.01. The molecule has 4 nitrogen and oxygen atoms in total. The Labute approximate surface area is 103 Å². The van der Waals surface area contributed by atoms with E-state index in [9.17, 15) is 4.79 Å². The van der Waals surface area contributed by atoms with Crippen molar-refractivity contribution in [3.63, 3.8) is 0 Å². The summed E-state index contributed by atoms with van der Waals surface area (Å²) in [4.78, 5) is 11.3. The predicted octanol–water partition coefficient (Wildman–Crippen LogP) is 2.31. The Hall–Kier alpha value is -1.75. The second-order valence-electron chi connectivity index (χ2n) is 3.35. The summed E-state index contributed by atoms with van der Waals surface area (Å²) in [6.07, 6.45) is 0.193. The smallest absolute Gasteiger partial charge is 0.312 e. The van der Waals surface area contributed by atoms with Crippen LogP contribution in [0.1, 0.15) is 11.9 Å². The number of rotatable bonds is 4. The van der Waals surface area contributed by atoms with Gasteiger partial charge in [-0.15, -0.1) is 10.2 Å². The van der Waals surface area contributed by atoms with Gasteiger partial charge in [0.2, 0.25) is 0 Å². The van der Waals surface area contributed by atoms with E-state index in [0.29, 0.717) is 11.6 Å². The number of benzene rings is 1. The fourth-order valence-corrected chi connectivity index (χ4v) is 2.19. The Bertz CT molecular complexity index is 496. The highest BCUT2D eigenvalue weighted by Crippen LogP contribution is 2.23. The SMILES string of the molecule is CCOC(=O)Cc1nnc(-c2ccccc2)s1. The van der Waals surface area contributed by atoms with Crippen molar-refractivity contribution in [1.82, 2.24) is 10.2 Å². The van der Waals surface area contributed by atoms with Gasteiger partial charge in [-0.25, -0.2) is 0 Å². The minimum absolute atomic E-state index is 0.193. The summed E-state index contributed by atoms with van der Waals surface area (Å²) in [6.45, 7) is 2.18. The van der Waals surface area contributed by atoms with Crippen molar-refractivity contribution < 1.29 is 9.53 Å². The van der Waals surface area contributed by atoms with Gasteiger partial charge in [-0.2, -0.15) is 0 Å². The van der Waals surface area contributed by atoms with Crippen LogP contribution in [0.2, 0.25) is 0 Å². The summed E-state index contributed by atoms with van der Waals surface area (Å²) < 4.78 is 4.86. The Morgan fingerprint density at radius 3 is 2.76 bits per heavy atom. The zero-order valence-electron chi connectivity index (χ0n) is 9.42. The highest BCUT2D eigenvalue weighted by Gasteiger charge is 2.10. The second kappa shape index (κ2) is 5.54. The van der Waals surface area contributed by atoms with Gasteiger partial charge in [0.15, 0.2) is 0 Å². The molecule has 1 heterocycles. The molecule has 0 saturated heterocycles. The lowest BCUT2D eigenvalue weighted by Gasteiger charge is -1.96.